The molecule has 0 atom stereocenters. The quantitative estimate of drug-likeness (QED) is 0.191. The first-order chi connectivity index (χ1) is 25.2. The van der Waals surface area contributed by atoms with Gasteiger partial charge in [0.05, 0.1) is 17.0 Å². The number of nitrogens with zero attached hydrogens (tertiary/aromatic N) is 4. The van der Waals surface area contributed by atoms with Crippen molar-refractivity contribution in [3.05, 3.63) is 198 Å². The lowest BCUT2D eigenvalue weighted by Gasteiger charge is -2.30. The van der Waals surface area contributed by atoms with Gasteiger partial charge in [-0.25, -0.2) is 15.0 Å². The monoisotopic (exact) mass is 648 g/mol. The Morgan fingerprint density at radius 3 is 1.47 bits per heavy atom. The Bertz CT molecular complexity index is 2600. The number of rotatable bonds is 4. The SMILES string of the molecule is N#Cc1ccc2c(c1)C1(c3ccccc3-c3ccccc31)c1ccc(-c3cccc(-c4nc(-c5ccccc5)nc(-c5ccccc5)n4)c3)cc1-2. The van der Waals surface area contributed by atoms with E-state index in [1.54, 1.807) is 0 Å². The van der Waals surface area contributed by atoms with E-state index >= 15 is 0 Å². The van der Waals surface area contributed by atoms with E-state index in [1.807, 2.05) is 66.7 Å². The first-order valence-corrected chi connectivity index (χ1v) is 17.1. The van der Waals surface area contributed by atoms with Crippen LogP contribution in [0.15, 0.2) is 170 Å². The van der Waals surface area contributed by atoms with Crippen LogP contribution in [0.4, 0.5) is 0 Å². The predicted molar refractivity (Wildman–Crippen MR) is 203 cm³/mol. The first kappa shape index (κ1) is 29.0. The van der Waals surface area contributed by atoms with Crippen molar-refractivity contribution >= 4 is 0 Å². The maximum absolute atomic E-state index is 10.0. The molecule has 0 saturated heterocycles. The fraction of sp³-hybridized carbons (Fsp3) is 0.0213. The van der Waals surface area contributed by atoms with E-state index in [9.17, 15) is 5.26 Å². The normalized spacial score (nSPS) is 12.8. The van der Waals surface area contributed by atoms with Crippen molar-refractivity contribution in [1.29, 1.82) is 5.26 Å². The topological polar surface area (TPSA) is 62.5 Å². The highest BCUT2D eigenvalue weighted by Crippen LogP contribution is 2.63. The molecule has 0 N–H and O–H groups in total. The molecular weight excluding hydrogens is 621 g/mol. The summed E-state index contributed by atoms with van der Waals surface area (Å²) < 4.78 is 0. The molecule has 1 heterocycles. The van der Waals surface area contributed by atoms with E-state index in [0.29, 0.717) is 23.0 Å². The van der Waals surface area contributed by atoms with Crippen molar-refractivity contribution in [3.63, 3.8) is 0 Å². The molecule has 0 fully saturated rings. The Hall–Kier alpha value is -6.96. The Morgan fingerprint density at radius 2 is 0.843 bits per heavy atom. The summed E-state index contributed by atoms with van der Waals surface area (Å²) in [4.78, 5) is 14.8. The lowest BCUT2D eigenvalue weighted by molar-refractivity contribution is 0.793. The second-order valence-electron chi connectivity index (χ2n) is 13.1. The lowest BCUT2D eigenvalue weighted by Crippen LogP contribution is -2.25. The van der Waals surface area contributed by atoms with Crippen LogP contribution in [-0.2, 0) is 5.41 Å². The predicted octanol–water partition coefficient (Wildman–Crippen LogP) is 10.8. The molecule has 0 amide bonds. The van der Waals surface area contributed by atoms with E-state index < -0.39 is 5.41 Å². The first-order valence-electron chi connectivity index (χ1n) is 17.1. The zero-order valence-corrected chi connectivity index (χ0v) is 27.5. The van der Waals surface area contributed by atoms with Gasteiger partial charge in [0.1, 0.15) is 0 Å². The number of aromatic nitrogens is 3. The minimum Gasteiger partial charge on any atom is -0.208 e. The van der Waals surface area contributed by atoms with Crippen molar-refractivity contribution in [1.82, 2.24) is 15.0 Å². The van der Waals surface area contributed by atoms with Gasteiger partial charge in [-0.05, 0) is 79.9 Å². The Balaban J connectivity index is 1.14. The Kier molecular flexibility index (Phi) is 6.43. The zero-order valence-electron chi connectivity index (χ0n) is 27.5. The van der Waals surface area contributed by atoms with Gasteiger partial charge in [0.25, 0.3) is 0 Å². The molecule has 1 spiro atoms. The highest BCUT2D eigenvalue weighted by atomic mass is 15.0. The molecule has 1 aromatic heterocycles. The number of fused-ring (bicyclic) bond motifs is 10. The summed E-state index contributed by atoms with van der Waals surface area (Å²) in [7, 11) is 0. The van der Waals surface area contributed by atoms with Gasteiger partial charge in [0.15, 0.2) is 17.5 Å². The number of hydrogen-bond donors (Lipinski definition) is 0. The zero-order chi connectivity index (χ0) is 33.9. The van der Waals surface area contributed by atoms with Crippen molar-refractivity contribution in [2.24, 2.45) is 0 Å². The van der Waals surface area contributed by atoms with Crippen LogP contribution < -0.4 is 0 Å². The van der Waals surface area contributed by atoms with E-state index in [4.69, 9.17) is 15.0 Å². The molecule has 0 saturated carbocycles. The maximum Gasteiger partial charge on any atom is 0.164 e. The molecule has 0 radical (unpaired) electrons. The second-order valence-corrected chi connectivity index (χ2v) is 13.1. The number of hydrogen-bond acceptors (Lipinski definition) is 4. The average Bonchev–Trinajstić information content (AvgIpc) is 3.68. The molecular formula is C47H28N4. The molecule has 4 heteroatoms. The molecule has 0 bridgehead atoms. The standard InChI is InChI=1S/C47H28N4/c48-29-30-22-24-38-39-28-34(23-25-42(39)47(43(38)26-30)40-20-9-7-18-36(40)37-19-8-10-21-41(37)47)33-16-11-17-35(27-33)46-50-44(31-12-3-1-4-13-31)49-45(51-46)32-14-5-2-6-15-32/h1-28H. The number of nitriles is 1. The minimum atomic E-state index is -0.502. The molecule has 4 nitrogen and oxygen atoms in total. The molecule has 51 heavy (non-hydrogen) atoms. The number of benzene rings is 7. The third kappa shape index (κ3) is 4.35. The van der Waals surface area contributed by atoms with Crippen molar-refractivity contribution in [2.45, 2.75) is 5.41 Å². The fourth-order valence-electron chi connectivity index (χ4n) is 8.17. The van der Waals surface area contributed by atoms with Gasteiger partial charge in [0.2, 0.25) is 0 Å². The molecule has 8 aromatic rings. The van der Waals surface area contributed by atoms with Crippen LogP contribution in [0.3, 0.4) is 0 Å². The van der Waals surface area contributed by atoms with Crippen LogP contribution in [0, 0.1) is 11.3 Å². The summed E-state index contributed by atoms with van der Waals surface area (Å²) in [5.74, 6) is 1.90. The van der Waals surface area contributed by atoms with Gasteiger partial charge in [-0.3, -0.25) is 0 Å². The average molecular weight is 649 g/mol. The van der Waals surface area contributed by atoms with E-state index in [1.165, 1.54) is 33.4 Å². The summed E-state index contributed by atoms with van der Waals surface area (Å²) >= 11 is 0. The van der Waals surface area contributed by atoms with E-state index in [-0.39, 0.29) is 0 Å². The molecule has 0 aliphatic heterocycles. The lowest BCUT2D eigenvalue weighted by atomic mass is 9.70. The van der Waals surface area contributed by atoms with Crippen LogP contribution in [0.2, 0.25) is 0 Å². The molecule has 7 aromatic carbocycles. The summed E-state index contributed by atoms with van der Waals surface area (Å²) in [6.45, 7) is 0. The van der Waals surface area contributed by atoms with Gasteiger partial charge in [-0.15, -0.1) is 0 Å². The van der Waals surface area contributed by atoms with Gasteiger partial charge in [-0.1, -0.05) is 146 Å². The van der Waals surface area contributed by atoms with Gasteiger partial charge in [0, 0.05) is 16.7 Å². The Morgan fingerprint density at radius 1 is 0.353 bits per heavy atom. The van der Waals surface area contributed by atoms with Crippen LogP contribution in [0.25, 0.3) is 67.5 Å². The Labute approximate surface area is 296 Å². The van der Waals surface area contributed by atoms with Crippen molar-refractivity contribution in [3.8, 4) is 73.6 Å². The van der Waals surface area contributed by atoms with Gasteiger partial charge in [-0.2, -0.15) is 5.26 Å². The third-order valence-corrected chi connectivity index (χ3v) is 10.4. The minimum absolute atomic E-state index is 0.502. The summed E-state index contributed by atoms with van der Waals surface area (Å²) in [5, 5.41) is 10.0. The molecule has 2 aliphatic carbocycles. The molecule has 10 rings (SSSR count). The summed E-state index contributed by atoms with van der Waals surface area (Å²) in [6.07, 6.45) is 0. The molecule has 0 unspecified atom stereocenters. The fourth-order valence-corrected chi connectivity index (χ4v) is 8.17. The third-order valence-electron chi connectivity index (χ3n) is 10.4. The van der Waals surface area contributed by atoms with E-state index in [0.717, 1.165) is 38.9 Å². The van der Waals surface area contributed by atoms with Crippen molar-refractivity contribution < 1.29 is 0 Å². The highest BCUT2D eigenvalue weighted by molar-refractivity contribution is 5.96. The van der Waals surface area contributed by atoms with Gasteiger partial charge >= 0.3 is 0 Å². The van der Waals surface area contributed by atoms with Gasteiger partial charge < -0.3 is 0 Å². The maximum atomic E-state index is 10.0. The summed E-state index contributed by atoms with van der Waals surface area (Å²) in [5.41, 5.74) is 14.9. The van der Waals surface area contributed by atoms with Crippen molar-refractivity contribution in [2.75, 3.05) is 0 Å². The summed E-state index contributed by atoms with van der Waals surface area (Å²) in [6, 6.07) is 61.5. The highest BCUT2D eigenvalue weighted by Gasteiger charge is 2.51. The van der Waals surface area contributed by atoms with E-state index in [2.05, 4.69) is 109 Å². The van der Waals surface area contributed by atoms with Crippen LogP contribution in [-0.4, -0.2) is 15.0 Å². The second kappa shape index (κ2) is 11.3. The largest absolute Gasteiger partial charge is 0.208 e. The van der Waals surface area contributed by atoms with Crippen LogP contribution >= 0.6 is 0 Å². The smallest absolute Gasteiger partial charge is 0.164 e. The molecule has 236 valence electrons. The molecule has 2 aliphatic rings. The van der Waals surface area contributed by atoms with Crippen LogP contribution in [0.5, 0.6) is 0 Å². The van der Waals surface area contributed by atoms with Crippen LogP contribution in [0.1, 0.15) is 27.8 Å².